The largest absolute Gasteiger partial charge is 0.493 e. The number of aromatic nitrogens is 2. The maximum atomic E-state index is 12.4. The van der Waals surface area contributed by atoms with E-state index in [-0.39, 0.29) is 11.5 Å². The van der Waals surface area contributed by atoms with E-state index in [1.807, 2.05) is 32.0 Å². The molecule has 0 spiro atoms. The summed E-state index contributed by atoms with van der Waals surface area (Å²) in [5.41, 5.74) is 2.10. The molecule has 27 heavy (non-hydrogen) atoms. The predicted octanol–water partition coefficient (Wildman–Crippen LogP) is 3.48. The van der Waals surface area contributed by atoms with Crippen LogP contribution in [-0.4, -0.2) is 35.6 Å². The first kappa shape index (κ1) is 19.4. The number of halogens is 1. The number of nitrogens with one attached hydrogen (secondary N) is 3. The number of H-pyrrole nitrogens is 1. The average Bonchev–Trinajstić information content (AvgIpc) is 3.15. The molecule has 0 fully saturated rings. The van der Waals surface area contributed by atoms with Crippen molar-refractivity contribution in [1.82, 2.24) is 15.3 Å². The molecule has 3 N–H and O–H groups in total. The van der Waals surface area contributed by atoms with Gasteiger partial charge in [0.05, 0.1) is 24.4 Å². The zero-order valence-corrected chi connectivity index (χ0v) is 17.3. The van der Waals surface area contributed by atoms with Crippen molar-refractivity contribution in [2.45, 2.75) is 33.1 Å². The van der Waals surface area contributed by atoms with Gasteiger partial charge in [-0.2, -0.15) is 0 Å². The summed E-state index contributed by atoms with van der Waals surface area (Å²) in [6.45, 7) is 8.24. The molecular formula is C19H24BrN5O2. The minimum absolute atomic E-state index is 0.110. The number of benzene rings is 1. The first-order chi connectivity index (χ1) is 13.0. The molecule has 0 unspecified atom stereocenters. The van der Waals surface area contributed by atoms with Crippen LogP contribution in [0.4, 0.5) is 5.69 Å². The first-order valence-electron chi connectivity index (χ1n) is 9.12. The number of hydrogen-bond acceptors (Lipinski definition) is 6. The number of aliphatic imine (C=N–C) groups is 1. The van der Waals surface area contributed by atoms with Crippen molar-refractivity contribution in [3.8, 4) is 17.1 Å². The highest BCUT2D eigenvalue weighted by Crippen LogP contribution is 2.32. The van der Waals surface area contributed by atoms with E-state index in [9.17, 15) is 4.79 Å². The number of anilines is 1. The minimum atomic E-state index is -0.203. The molecule has 1 aliphatic heterocycles. The molecule has 0 aliphatic carbocycles. The Kier molecular flexibility index (Phi) is 6.15. The van der Waals surface area contributed by atoms with Gasteiger partial charge in [-0.15, -0.1) is 0 Å². The van der Waals surface area contributed by atoms with Crippen LogP contribution in [0.25, 0.3) is 11.4 Å². The molecule has 1 aromatic carbocycles. The second-order valence-electron chi connectivity index (χ2n) is 6.61. The highest BCUT2D eigenvalue weighted by Gasteiger charge is 2.17. The molecule has 2 aromatic rings. The summed E-state index contributed by atoms with van der Waals surface area (Å²) in [5, 5.41) is 6.43. The van der Waals surface area contributed by atoms with Gasteiger partial charge in [-0.1, -0.05) is 20.8 Å². The highest BCUT2D eigenvalue weighted by atomic mass is 79.9. The third-order valence-electron chi connectivity index (χ3n) is 4.07. The molecule has 0 bridgehead atoms. The van der Waals surface area contributed by atoms with Crippen LogP contribution in [0, 0.1) is 0 Å². The third kappa shape index (κ3) is 4.50. The zero-order chi connectivity index (χ0) is 19.4. The Bertz CT molecular complexity index is 907. The lowest BCUT2D eigenvalue weighted by Gasteiger charge is -2.15. The zero-order valence-electron chi connectivity index (χ0n) is 15.7. The topological polar surface area (TPSA) is 91.4 Å². The summed E-state index contributed by atoms with van der Waals surface area (Å²) in [5.74, 6) is 2.02. The highest BCUT2D eigenvalue weighted by molar-refractivity contribution is 9.10. The first-order valence-corrected chi connectivity index (χ1v) is 9.91. The minimum Gasteiger partial charge on any atom is -0.493 e. The molecule has 2 heterocycles. The molecule has 0 radical (unpaired) electrons. The molecule has 0 atom stereocenters. The van der Waals surface area contributed by atoms with Crippen molar-refractivity contribution < 1.29 is 4.74 Å². The average molecular weight is 434 g/mol. The van der Waals surface area contributed by atoms with E-state index in [4.69, 9.17) is 4.74 Å². The van der Waals surface area contributed by atoms with Crippen LogP contribution < -0.4 is 20.9 Å². The second-order valence-corrected chi connectivity index (χ2v) is 7.40. The van der Waals surface area contributed by atoms with Gasteiger partial charge in [-0.25, -0.2) is 4.98 Å². The molecule has 8 heteroatoms. The van der Waals surface area contributed by atoms with Gasteiger partial charge in [0.15, 0.2) is 5.96 Å². The fraction of sp³-hybridized carbons (Fsp3) is 0.421. The third-order valence-corrected chi connectivity index (χ3v) is 4.83. The van der Waals surface area contributed by atoms with E-state index in [0.29, 0.717) is 22.7 Å². The molecule has 3 rings (SSSR count). The second kappa shape index (κ2) is 8.56. The number of hydrogen-bond donors (Lipinski definition) is 3. The van der Waals surface area contributed by atoms with E-state index in [1.165, 1.54) is 0 Å². The van der Waals surface area contributed by atoms with Gasteiger partial charge in [0.1, 0.15) is 16.0 Å². The van der Waals surface area contributed by atoms with E-state index in [2.05, 4.69) is 48.4 Å². The molecule has 1 aromatic heterocycles. The predicted molar refractivity (Wildman–Crippen MR) is 112 cm³/mol. The van der Waals surface area contributed by atoms with E-state index < -0.39 is 0 Å². The Balaban J connectivity index is 2.06. The van der Waals surface area contributed by atoms with Crippen molar-refractivity contribution in [3.63, 3.8) is 0 Å². The Labute approximate surface area is 166 Å². The van der Waals surface area contributed by atoms with Crippen molar-refractivity contribution in [2.24, 2.45) is 4.99 Å². The van der Waals surface area contributed by atoms with E-state index >= 15 is 0 Å². The standard InChI is InChI=1S/C19H24BrN5O2/c1-4-9-27-14-6-5-12(23-19-21-7-8-22-19)10-13(14)17-24-16(11(2)3)15(20)18(26)25-17/h5-6,10-11H,4,7-9H2,1-3H3,(H2,21,22,23)(H,24,25,26). The molecule has 0 amide bonds. The molecule has 7 nitrogen and oxygen atoms in total. The van der Waals surface area contributed by atoms with Gasteiger partial charge in [0.25, 0.3) is 5.56 Å². The number of aromatic amines is 1. The fourth-order valence-corrected chi connectivity index (χ4v) is 3.38. The summed E-state index contributed by atoms with van der Waals surface area (Å²) in [6, 6.07) is 5.74. The lowest BCUT2D eigenvalue weighted by Crippen LogP contribution is -2.26. The maximum absolute atomic E-state index is 12.4. The maximum Gasteiger partial charge on any atom is 0.265 e. The van der Waals surface area contributed by atoms with Crippen LogP contribution in [0.15, 0.2) is 32.5 Å². The number of nitrogens with zero attached hydrogens (tertiary/aromatic N) is 2. The summed E-state index contributed by atoms with van der Waals surface area (Å²) in [6.07, 6.45) is 0.891. The molecular weight excluding hydrogens is 410 g/mol. The van der Waals surface area contributed by atoms with Crippen LogP contribution >= 0.6 is 15.9 Å². The number of ether oxygens (including phenoxy) is 1. The number of guanidine groups is 1. The van der Waals surface area contributed by atoms with Gasteiger partial charge in [0, 0.05) is 12.2 Å². The van der Waals surface area contributed by atoms with Crippen molar-refractivity contribution in [2.75, 3.05) is 25.0 Å². The van der Waals surface area contributed by atoms with Gasteiger partial charge < -0.3 is 20.4 Å². The lowest BCUT2D eigenvalue weighted by atomic mass is 10.1. The van der Waals surface area contributed by atoms with E-state index in [1.54, 1.807) is 0 Å². The van der Waals surface area contributed by atoms with Crippen molar-refractivity contribution >= 4 is 27.6 Å². The quantitative estimate of drug-likeness (QED) is 0.648. The van der Waals surface area contributed by atoms with Gasteiger partial charge in [-0.3, -0.25) is 9.79 Å². The SMILES string of the molecule is CCCOc1ccc(NC2=NCCN2)cc1-c1nc(C(C)C)c(Br)c(=O)[nH]1. The van der Waals surface area contributed by atoms with Crippen LogP contribution in [-0.2, 0) is 0 Å². The molecule has 0 saturated carbocycles. The van der Waals surface area contributed by atoms with Gasteiger partial charge in [0.2, 0.25) is 0 Å². The van der Waals surface area contributed by atoms with Crippen LogP contribution in [0.3, 0.4) is 0 Å². The van der Waals surface area contributed by atoms with Crippen LogP contribution in [0.2, 0.25) is 0 Å². The fourth-order valence-electron chi connectivity index (χ4n) is 2.74. The summed E-state index contributed by atoms with van der Waals surface area (Å²) < 4.78 is 6.36. The van der Waals surface area contributed by atoms with Crippen LogP contribution in [0.1, 0.15) is 38.8 Å². The Morgan fingerprint density at radius 1 is 1.37 bits per heavy atom. The smallest absolute Gasteiger partial charge is 0.265 e. The van der Waals surface area contributed by atoms with Crippen molar-refractivity contribution in [3.05, 3.63) is 38.7 Å². The Morgan fingerprint density at radius 3 is 2.85 bits per heavy atom. The van der Waals surface area contributed by atoms with Gasteiger partial charge in [-0.05, 0) is 46.5 Å². The molecule has 144 valence electrons. The molecule has 0 saturated heterocycles. The molecule has 1 aliphatic rings. The Morgan fingerprint density at radius 2 is 2.19 bits per heavy atom. The van der Waals surface area contributed by atoms with Gasteiger partial charge >= 0.3 is 0 Å². The number of rotatable bonds is 6. The summed E-state index contributed by atoms with van der Waals surface area (Å²) >= 11 is 3.35. The summed E-state index contributed by atoms with van der Waals surface area (Å²) in [7, 11) is 0. The summed E-state index contributed by atoms with van der Waals surface area (Å²) in [4.78, 5) is 24.3. The van der Waals surface area contributed by atoms with Crippen LogP contribution in [0.5, 0.6) is 5.75 Å². The monoisotopic (exact) mass is 433 g/mol. The Hall–Kier alpha value is -2.35. The van der Waals surface area contributed by atoms with Crippen molar-refractivity contribution in [1.29, 1.82) is 0 Å². The normalized spacial score (nSPS) is 13.4. The van der Waals surface area contributed by atoms with E-state index in [0.717, 1.165) is 42.4 Å². The lowest BCUT2D eigenvalue weighted by molar-refractivity contribution is 0.318.